The Morgan fingerprint density at radius 1 is 1.22 bits per heavy atom. The monoisotopic (exact) mass is 320 g/mol. The average Bonchev–Trinajstić information content (AvgIpc) is 3.26. The van der Waals surface area contributed by atoms with Gasteiger partial charge in [0.2, 0.25) is 0 Å². The molecule has 7 heteroatoms. The van der Waals surface area contributed by atoms with Crippen molar-refractivity contribution >= 4 is 17.8 Å². The third kappa shape index (κ3) is 6.54. The van der Waals surface area contributed by atoms with Gasteiger partial charge >= 0.3 is 6.09 Å². The van der Waals surface area contributed by atoms with Gasteiger partial charge in [0.1, 0.15) is 11.4 Å². The van der Waals surface area contributed by atoms with Gasteiger partial charge in [-0.25, -0.2) is 9.78 Å². The Morgan fingerprint density at radius 2 is 1.91 bits per heavy atom. The van der Waals surface area contributed by atoms with Gasteiger partial charge in [0.25, 0.3) is 5.91 Å². The molecule has 0 radical (unpaired) electrons. The molecule has 0 atom stereocenters. The predicted octanol–water partition coefficient (Wildman–Crippen LogP) is 1.91. The largest absolute Gasteiger partial charge is 0.444 e. The first kappa shape index (κ1) is 17.1. The Bertz CT molecular complexity index is 547. The number of nitrogens with zero attached hydrogens (tertiary/aromatic N) is 1. The van der Waals surface area contributed by atoms with Gasteiger partial charge in [0, 0.05) is 25.3 Å². The molecule has 1 aliphatic rings. The van der Waals surface area contributed by atoms with Crippen LogP contribution in [-0.2, 0) is 4.74 Å². The van der Waals surface area contributed by atoms with Gasteiger partial charge in [-0.15, -0.1) is 0 Å². The molecule has 0 bridgehead atoms. The third-order valence-corrected chi connectivity index (χ3v) is 3.03. The number of carbonyl (C=O) groups excluding carboxylic acids is 2. The standard InChI is InChI=1S/C16H24N4O3/c1-16(2,3)23-15(22)18-9-8-17-14(21)11-4-7-13(19-10-11)20-12-5-6-12/h4,7,10,12H,5-6,8-9H2,1-3H3,(H,17,21)(H,18,22)(H,19,20). The number of carbonyl (C=O) groups is 2. The first-order valence-corrected chi connectivity index (χ1v) is 7.81. The van der Waals surface area contributed by atoms with E-state index in [1.165, 1.54) is 12.8 Å². The van der Waals surface area contributed by atoms with Crippen molar-refractivity contribution in [1.29, 1.82) is 0 Å². The van der Waals surface area contributed by atoms with E-state index in [4.69, 9.17) is 4.74 Å². The number of anilines is 1. The maximum atomic E-state index is 11.9. The van der Waals surface area contributed by atoms with E-state index in [1.807, 2.05) is 0 Å². The summed E-state index contributed by atoms with van der Waals surface area (Å²) in [6.07, 6.45) is 3.40. The Kier molecular flexibility index (Phi) is 5.41. The van der Waals surface area contributed by atoms with E-state index >= 15 is 0 Å². The van der Waals surface area contributed by atoms with E-state index in [0.717, 1.165) is 5.82 Å². The minimum Gasteiger partial charge on any atom is -0.444 e. The van der Waals surface area contributed by atoms with Gasteiger partial charge in [-0.05, 0) is 45.7 Å². The van der Waals surface area contributed by atoms with E-state index in [0.29, 0.717) is 24.7 Å². The number of alkyl carbamates (subject to hydrolysis) is 1. The zero-order chi connectivity index (χ0) is 16.9. The molecule has 0 unspecified atom stereocenters. The number of hydrogen-bond donors (Lipinski definition) is 3. The SMILES string of the molecule is CC(C)(C)OC(=O)NCCNC(=O)c1ccc(NC2CC2)nc1. The fourth-order valence-electron chi connectivity index (χ4n) is 1.81. The van der Waals surface area contributed by atoms with Crippen molar-refractivity contribution in [3.63, 3.8) is 0 Å². The summed E-state index contributed by atoms with van der Waals surface area (Å²) < 4.78 is 5.10. The molecule has 1 saturated carbocycles. The van der Waals surface area contributed by atoms with Crippen molar-refractivity contribution in [2.45, 2.75) is 45.3 Å². The van der Waals surface area contributed by atoms with Crippen molar-refractivity contribution < 1.29 is 14.3 Å². The first-order valence-electron chi connectivity index (χ1n) is 7.81. The molecule has 1 aromatic heterocycles. The lowest BCUT2D eigenvalue weighted by Crippen LogP contribution is -2.37. The number of hydrogen-bond acceptors (Lipinski definition) is 5. The van der Waals surface area contributed by atoms with E-state index in [-0.39, 0.29) is 5.91 Å². The second-order valence-electron chi connectivity index (χ2n) is 6.54. The minimum atomic E-state index is -0.532. The van der Waals surface area contributed by atoms with Crippen molar-refractivity contribution in [1.82, 2.24) is 15.6 Å². The second-order valence-corrected chi connectivity index (χ2v) is 6.54. The summed E-state index contributed by atoms with van der Waals surface area (Å²) in [7, 11) is 0. The molecule has 1 heterocycles. The Labute approximate surface area is 136 Å². The summed E-state index contributed by atoms with van der Waals surface area (Å²) in [5.74, 6) is 0.567. The van der Waals surface area contributed by atoms with Crippen molar-refractivity contribution in [3.8, 4) is 0 Å². The molecule has 1 fully saturated rings. The quantitative estimate of drug-likeness (QED) is 0.696. The third-order valence-electron chi connectivity index (χ3n) is 3.03. The number of amides is 2. The Morgan fingerprint density at radius 3 is 2.48 bits per heavy atom. The molecule has 23 heavy (non-hydrogen) atoms. The summed E-state index contributed by atoms with van der Waals surface area (Å²) in [4.78, 5) is 27.6. The van der Waals surface area contributed by atoms with E-state index in [2.05, 4.69) is 20.9 Å². The van der Waals surface area contributed by atoms with Gasteiger partial charge in [-0.1, -0.05) is 0 Å². The summed E-state index contributed by atoms with van der Waals surface area (Å²) in [5, 5.41) is 8.56. The maximum absolute atomic E-state index is 11.9. The predicted molar refractivity (Wildman–Crippen MR) is 87.5 cm³/mol. The smallest absolute Gasteiger partial charge is 0.407 e. The highest BCUT2D eigenvalue weighted by Gasteiger charge is 2.21. The van der Waals surface area contributed by atoms with Crippen LogP contribution in [0.2, 0.25) is 0 Å². The van der Waals surface area contributed by atoms with Crippen LogP contribution in [0.5, 0.6) is 0 Å². The number of pyridine rings is 1. The molecule has 0 saturated heterocycles. The van der Waals surface area contributed by atoms with Crippen LogP contribution in [0.25, 0.3) is 0 Å². The normalized spacial score (nSPS) is 14.0. The lowest BCUT2D eigenvalue weighted by molar-refractivity contribution is 0.0526. The summed E-state index contributed by atoms with van der Waals surface area (Å²) in [6, 6.07) is 4.06. The number of aromatic nitrogens is 1. The molecule has 2 amide bonds. The molecule has 126 valence electrons. The van der Waals surface area contributed by atoms with Crippen LogP contribution < -0.4 is 16.0 Å². The van der Waals surface area contributed by atoms with E-state index in [1.54, 1.807) is 39.1 Å². The fourth-order valence-corrected chi connectivity index (χ4v) is 1.81. The van der Waals surface area contributed by atoms with E-state index in [9.17, 15) is 9.59 Å². The zero-order valence-corrected chi connectivity index (χ0v) is 13.8. The minimum absolute atomic E-state index is 0.221. The molecular weight excluding hydrogens is 296 g/mol. The highest BCUT2D eigenvalue weighted by Crippen LogP contribution is 2.23. The molecule has 2 rings (SSSR count). The van der Waals surface area contributed by atoms with Crippen LogP contribution in [0.4, 0.5) is 10.6 Å². The van der Waals surface area contributed by atoms with Crippen LogP contribution in [0.1, 0.15) is 44.0 Å². The van der Waals surface area contributed by atoms with Crippen molar-refractivity contribution in [3.05, 3.63) is 23.9 Å². The van der Waals surface area contributed by atoms with Gasteiger partial charge in [-0.3, -0.25) is 4.79 Å². The Balaban J connectivity index is 1.67. The number of nitrogens with one attached hydrogen (secondary N) is 3. The molecule has 1 aliphatic carbocycles. The highest BCUT2D eigenvalue weighted by molar-refractivity contribution is 5.94. The van der Waals surface area contributed by atoms with Gasteiger partial charge < -0.3 is 20.7 Å². The summed E-state index contributed by atoms with van der Waals surface area (Å²) in [5.41, 5.74) is -0.0430. The molecule has 0 aliphatic heterocycles. The van der Waals surface area contributed by atoms with Crippen LogP contribution in [0.15, 0.2) is 18.3 Å². The lowest BCUT2D eigenvalue weighted by Gasteiger charge is -2.19. The van der Waals surface area contributed by atoms with Crippen molar-refractivity contribution in [2.24, 2.45) is 0 Å². The van der Waals surface area contributed by atoms with Gasteiger partial charge in [-0.2, -0.15) is 0 Å². The van der Waals surface area contributed by atoms with Crippen LogP contribution in [-0.4, -0.2) is 41.7 Å². The van der Waals surface area contributed by atoms with E-state index < -0.39 is 11.7 Å². The summed E-state index contributed by atoms with van der Waals surface area (Å²) in [6.45, 7) is 6.00. The first-order chi connectivity index (χ1) is 10.8. The molecule has 0 spiro atoms. The maximum Gasteiger partial charge on any atom is 0.407 e. The number of ether oxygens (including phenoxy) is 1. The van der Waals surface area contributed by atoms with Gasteiger partial charge in [0.15, 0.2) is 0 Å². The van der Waals surface area contributed by atoms with Crippen LogP contribution in [0.3, 0.4) is 0 Å². The number of rotatable bonds is 6. The topological polar surface area (TPSA) is 92.4 Å². The van der Waals surface area contributed by atoms with Gasteiger partial charge in [0.05, 0.1) is 5.56 Å². The summed E-state index contributed by atoms with van der Waals surface area (Å²) >= 11 is 0. The lowest BCUT2D eigenvalue weighted by atomic mass is 10.2. The molecule has 3 N–H and O–H groups in total. The van der Waals surface area contributed by atoms with Crippen molar-refractivity contribution in [2.75, 3.05) is 18.4 Å². The average molecular weight is 320 g/mol. The molecule has 0 aromatic carbocycles. The Hall–Kier alpha value is -2.31. The zero-order valence-electron chi connectivity index (χ0n) is 13.8. The van der Waals surface area contributed by atoms with Crippen LogP contribution in [0, 0.1) is 0 Å². The highest BCUT2D eigenvalue weighted by atomic mass is 16.6. The van der Waals surface area contributed by atoms with Crippen LogP contribution >= 0.6 is 0 Å². The molecular formula is C16H24N4O3. The fraction of sp³-hybridized carbons (Fsp3) is 0.562. The molecule has 1 aromatic rings. The second kappa shape index (κ2) is 7.30. The molecule has 7 nitrogen and oxygen atoms in total.